The fraction of sp³-hybridized carbons (Fsp3) is 0.133. The highest BCUT2D eigenvalue weighted by Crippen LogP contribution is 2.44. The summed E-state index contributed by atoms with van der Waals surface area (Å²) < 4.78 is 91.2. The zero-order valence-corrected chi connectivity index (χ0v) is 79.6. The summed E-state index contributed by atoms with van der Waals surface area (Å²) in [6.07, 6.45) is 0.241. The van der Waals surface area contributed by atoms with E-state index in [1.165, 1.54) is 133 Å². The molecule has 5 heterocycles. The zero-order chi connectivity index (χ0) is 98.8. The van der Waals surface area contributed by atoms with Crippen molar-refractivity contribution in [1.82, 2.24) is 0 Å². The zero-order valence-electron chi connectivity index (χ0n) is 85.6. The first kappa shape index (κ1) is 80.3. The first-order chi connectivity index (χ1) is 67.9. The minimum atomic E-state index is -0.279. The summed E-state index contributed by atoms with van der Waals surface area (Å²) in [6.45, 7) is 25.1. The SMILES string of the molecule is [2H]c1c(C)[n+](C)c(-c2c(C)ccc3ccccc23)c2ccc3ccc(F)cc3c12.[2H]c1c(C)[n+](C)c(-c2c(C)ccc3ccccc23)c2ccc3ccccc3c12.[2H]c1c(C)[n+](C)c(-c2cc3ccccc3cc2C)c2ccc3ccc(F)cc3c12.[2H]c1c(C)[n+](C)c(-c2cc3ccccc3cc2C)c2ccc3ccccc3c12.[2H]c1c([2H])[n+](C)c(-c2cc(C)cc(C)c2C)c2ccc3c(C)cccc3c12. The molecule has 656 valence electrons. The van der Waals surface area contributed by atoms with E-state index in [4.69, 9.17) is 8.22 Å². The lowest BCUT2D eigenvalue weighted by Crippen LogP contribution is -2.35. The van der Waals surface area contributed by atoms with E-state index in [1.54, 1.807) is 24.3 Å². The number of aryl methyl sites for hydroxylation is 7. The van der Waals surface area contributed by atoms with Crippen LogP contribution in [0.4, 0.5) is 8.78 Å². The van der Waals surface area contributed by atoms with Crippen LogP contribution in [0, 0.1) is 94.7 Å². The molecular formula is C128H110F2N5+5. The van der Waals surface area contributed by atoms with Gasteiger partial charge in [0.25, 0.3) is 0 Å². The smallest absolute Gasteiger partial charge is 0.207 e. The molecule has 24 rings (SSSR count). The third-order valence-corrected chi connectivity index (χ3v) is 28.2. The molecule has 0 atom stereocenters. The van der Waals surface area contributed by atoms with Crippen LogP contribution in [0.2, 0.25) is 0 Å². The van der Waals surface area contributed by atoms with E-state index in [0.29, 0.717) is 24.2 Å². The normalized spacial score (nSPS) is 12.1. The van der Waals surface area contributed by atoms with Gasteiger partial charge in [0.1, 0.15) is 48.2 Å². The molecule has 0 bridgehead atoms. The van der Waals surface area contributed by atoms with Crippen molar-refractivity contribution in [2.75, 3.05) is 0 Å². The standard InChI is InChI=1S/2C26H21FN.2C26H22N.C24H24N/c1-16-12-19-6-4-5-7-20(19)14-23(16)26-22-11-9-18-8-10-21(27)15-24(18)25(22)13-17(2)28(26)3;1-16-8-9-18-6-4-5-7-21(18)25(16)26-22-13-11-19-10-12-20(27)15-23(19)24(22)14-17(2)28(26)3;1-17-12-13-20-9-5-7-11-22(20)25(17)26-23-15-14-19-8-4-6-10-21(19)24(23)16-18(2)27(26)3;1-17-14-20-9-4-5-10-21(20)16-24(17)26-23-13-12-19-8-6-7-11-22(19)25(23)15-18(2)27(26)3;1-15-13-17(3)18(4)23(14-15)24-22-10-9-19-16(2)7-6-8-20(19)21(22)11-12-25(24)5/h2*4-15H,1-3H3;2*4-16H,1-3H3;6-14H,1-5H3/q5*+1/i13D;14D;16D;15D;11D,12D. The number of nitrogens with zero attached hydrogens (tertiary/aromatic N) is 5. The highest BCUT2D eigenvalue weighted by Gasteiger charge is 2.29. The molecule has 0 saturated heterocycles. The van der Waals surface area contributed by atoms with Gasteiger partial charge < -0.3 is 0 Å². The van der Waals surface area contributed by atoms with Gasteiger partial charge in [-0.3, -0.25) is 0 Å². The Kier molecular flexibility index (Phi) is 21.1. The molecule has 0 amide bonds. The molecule has 7 heteroatoms. The average Bonchev–Trinajstić information content (AvgIpc) is 0.723. The minimum absolute atomic E-state index is 0.241. The summed E-state index contributed by atoms with van der Waals surface area (Å²) in [5, 5.41) is 29.9. The second-order valence-electron chi connectivity index (χ2n) is 36.6. The Balaban J connectivity index is 0.000000108. The molecule has 0 aliphatic rings. The van der Waals surface area contributed by atoms with Crippen LogP contribution in [-0.2, 0) is 35.2 Å². The number of hydrogen-bond acceptors (Lipinski definition) is 0. The topological polar surface area (TPSA) is 19.4 Å². The molecule has 5 aromatic heterocycles. The molecule has 0 radical (unpaired) electrons. The second kappa shape index (κ2) is 35.5. The van der Waals surface area contributed by atoms with Gasteiger partial charge in [0.15, 0.2) is 28.9 Å². The Hall–Kier alpha value is -15.6. The van der Waals surface area contributed by atoms with E-state index >= 15 is 0 Å². The van der Waals surface area contributed by atoms with Gasteiger partial charge in [0.2, 0.25) is 28.5 Å². The van der Waals surface area contributed by atoms with Crippen molar-refractivity contribution < 1.29 is 39.8 Å². The summed E-state index contributed by atoms with van der Waals surface area (Å²) in [5.74, 6) is -0.558. The highest BCUT2D eigenvalue weighted by atomic mass is 19.1. The van der Waals surface area contributed by atoms with Crippen LogP contribution in [-0.4, -0.2) is 0 Å². The predicted octanol–water partition coefficient (Wildman–Crippen LogP) is 31.0. The summed E-state index contributed by atoms with van der Waals surface area (Å²) in [7, 11) is 10.1. The van der Waals surface area contributed by atoms with Gasteiger partial charge in [-0.2, -0.15) is 18.3 Å². The van der Waals surface area contributed by atoms with E-state index in [0.717, 1.165) is 153 Å². The van der Waals surface area contributed by atoms with E-state index in [9.17, 15) is 8.78 Å². The van der Waals surface area contributed by atoms with Gasteiger partial charge in [-0.25, -0.2) is 13.3 Å². The maximum atomic E-state index is 14.1. The van der Waals surface area contributed by atoms with Crippen molar-refractivity contribution in [1.29, 1.82) is 0 Å². The van der Waals surface area contributed by atoms with Crippen molar-refractivity contribution >= 4 is 151 Å². The molecule has 0 fully saturated rings. The summed E-state index contributed by atoms with van der Waals surface area (Å²) in [4.78, 5) is 0. The molecule has 0 spiro atoms. The average molecular weight is 1760 g/mol. The van der Waals surface area contributed by atoms with Crippen LogP contribution >= 0.6 is 0 Å². The Labute approximate surface area is 797 Å². The van der Waals surface area contributed by atoms with Crippen LogP contribution in [0.1, 0.15) is 75.5 Å². The monoisotopic (exact) mass is 1760 g/mol. The summed E-state index contributed by atoms with van der Waals surface area (Å²) in [6, 6.07) is 112. The molecular weight excluding hydrogens is 1650 g/mol. The van der Waals surface area contributed by atoms with Gasteiger partial charge >= 0.3 is 0 Å². The second-order valence-corrected chi connectivity index (χ2v) is 36.6. The third kappa shape index (κ3) is 15.8. The lowest BCUT2D eigenvalue weighted by atomic mass is 9.92. The lowest BCUT2D eigenvalue weighted by molar-refractivity contribution is -0.665. The van der Waals surface area contributed by atoms with Gasteiger partial charge in [0, 0.05) is 84.8 Å². The lowest BCUT2D eigenvalue weighted by Gasteiger charge is -2.14. The van der Waals surface area contributed by atoms with Crippen molar-refractivity contribution in [2.24, 2.45) is 35.2 Å². The van der Waals surface area contributed by atoms with Crippen LogP contribution < -0.4 is 22.8 Å². The molecule has 0 saturated carbocycles. The third-order valence-electron chi connectivity index (χ3n) is 28.2. The van der Waals surface area contributed by atoms with Gasteiger partial charge in [-0.1, -0.05) is 254 Å². The van der Waals surface area contributed by atoms with E-state index in [1.807, 2.05) is 83.7 Å². The largest absolute Gasteiger partial charge is 0.221 e. The van der Waals surface area contributed by atoms with Crippen LogP contribution in [0.5, 0.6) is 0 Å². The minimum Gasteiger partial charge on any atom is -0.207 e. The van der Waals surface area contributed by atoms with Crippen molar-refractivity contribution in [3.8, 4) is 56.3 Å². The summed E-state index contributed by atoms with van der Waals surface area (Å²) >= 11 is 0. The maximum Gasteiger partial charge on any atom is 0.221 e. The van der Waals surface area contributed by atoms with Crippen molar-refractivity contribution in [2.45, 2.75) is 83.1 Å². The molecule has 0 aliphatic heterocycles. The number of hydrogen-bond donors (Lipinski definition) is 0. The number of aromatic nitrogens is 5. The molecule has 19 aromatic carbocycles. The first-order valence-electron chi connectivity index (χ1n) is 49.4. The van der Waals surface area contributed by atoms with Crippen molar-refractivity contribution in [3.63, 3.8) is 0 Å². The molecule has 5 nitrogen and oxygen atoms in total. The summed E-state index contributed by atoms with van der Waals surface area (Å²) in [5.41, 5.74) is 24.8. The molecule has 24 aromatic rings. The molecule has 0 aliphatic carbocycles. The molecule has 0 unspecified atom stereocenters. The predicted molar refractivity (Wildman–Crippen MR) is 567 cm³/mol. The quantitative estimate of drug-likeness (QED) is 0.121. The maximum absolute atomic E-state index is 14.1. The first-order valence-corrected chi connectivity index (χ1v) is 46.4. The Morgan fingerprint density at radius 3 is 0.956 bits per heavy atom. The fourth-order valence-corrected chi connectivity index (χ4v) is 20.6. The number of rotatable bonds is 5. The fourth-order valence-electron chi connectivity index (χ4n) is 20.6. The number of fused-ring (bicyclic) bond motifs is 19. The highest BCUT2D eigenvalue weighted by molar-refractivity contribution is 6.18. The van der Waals surface area contributed by atoms with E-state index in [-0.39, 0.29) is 23.8 Å². The number of pyridine rings is 5. The number of halogens is 2. The Bertz CT molecular complexity index is 9440. The van der Waals surface area contributed by atoms with Crippen LogP contribution in [0.3, 0.4) is 0 Å². The van der Waals surface area contributed by atoms with Gasteiger partial charge in [0.05, 0.1) is 61.6 Å². The number of benzene rings is 19. The van der Waals surface area contributed by atoms with Crippen molar-refractivity contribution in [3.05, 3.63) is 437 Å². The van der Waals surface area contributed by atoms with Crippen LogP contribution in [0.25, 0.3) is 207 Å². The Morgan fingerprint density at radius 1 is 0.207 bits per heavy atom. The van der Waals surface area contributed by atoms with E-state index in [2.05, 4.69) is 343 Å². The van der Waals surface area contributed by atoms with Gasteiger partial charge in [-0.05, 0) is 264 Å². The molecule has 135 heavy (non-hydrogen) atoms. The van der Waals surface area contributed by atoms with E-state index < -0.39 is 0 Å². The Morgan fingerprint density at radius 2 is 0.526 bits per heavy atom. The molecule has 0 N–H and O–H groups in total. The van der Waals surface area contributed by atoms with Gasteiger partial charge in [-0.15, -0.1) is 0 Å². The van der Waals surface area contributed by atoms with Crippen LogP contribution in [0.15, 0.2) is 358 Å².